The van der Waals surface area contributed by atoms with E-state index in [-0.39, 0.29) is 12.6 Å². The van der Waals surface area contributed by atoms with Gasteiger partial charge < -0.3 is 9.47 Å². The molecule has 1 heterocycles. The number of nitrogens with one attached hydrogen (secondary N) is 1. The summed E-state index contributed by atoms with van der Waals surface area (Å²) in [5.41, 5.74) is 2.21. The van der Waals surface area contributed by atoms with Gasteiger partial charge in [-0.3, -0.25) is 0 Å². The second kappa shape index (κ2) is 8.76. The third kappa shape index (κ3) is 4.59. The predicted octanol–water partition coefficient (Wildman–Crippen LogP) is 4.42. The first-order valence-electron chi connectivity index (χ1n) is 10.6. The van der Waals surface area contributed by atoms with Crippen molar-refractivity contribution in [2.75, 3.05) is 13.2 Å². The maximum absolute atomic E-state index is 12.9. The van der Waals surface area contributed by atoms with Crippen molar-refractivity contribution in [2.45, 2.75) is 62.3 Å². The van der Waals surface area contributed by atoms with E-state index in [0.717, 1.165) is 11.3 Å². The van der Waals surface area contributed by atoms with Crippen LogP contribution in [0.1, 0.15) is 56.1 Å². The topological polar surface area (TPSA) is 64.6 Å². The summed E-state index contributed by atoms with van der Waals surface area (Å²) in [6.45, 7) is 2.78. The van der Waals surface area contributed by atoms with E-state index < -0.39 is 10.0 Å². The van der Waals surface area contributed by atoms with Crippen LogP contribution in [0.4, 0.5) is 0 Å². The number of ether oxygens (including phenoxy) is 2. The number of hydrogen-bond donors (Lipinski definition) is 1. The molecule has 4 rings (SSSR count). The molecule has 1 unspecified atom stereocenters. The molecule has 0 aromatic heterocycles. The number of hydrogen-bond acceptors (Lipinski definition) is 4. The lowest BCUT2D eigenvalue weighted by Crippen LogP contribution is -2.42. The number of fused-ring (bicyclic) bond motifs is 1. The fourth-order valence-corrected chi connectivity index (χ4v) is 5.60. The fraction of sp³-hybridized carbons (Fsp3) is 0.478. The van der Waals surface area contributed by atoms with E-state index in [2.05, 4.69) is 4.72 Å². The van der Waals surface area contributed by atoms with Crippen LogP contribution < -0.4 is 14.2 Å². The van der Waals surface area contributed by atoms with Crippen molar-refractivity contribution < 1.29 is 17.9 Å². The lowest BCUT2D eigenvalue weighted by molar-refractivity contribution is 0.233. The zero-order chi connectivity index (χ0) is 20.3. The van der Waals surface area contributed by atoms with Crippen LogP contribution in [0.15, 0.2) is 47.4 Å². The van der Waals surface area contributed by atoms with Gasteiger partial charge in [0.25, 0.3) is 0 Å². The second-order valence-electron chi connectivity index (χ2n) is 7.91. The number of sulfonamides is 1. The Kier molecular flexibility index (Phi) is 6.11. The van der Waals surface area contributed by atoms with Crippen molar-refractivity contribution in [3.8, 4) is 11.5 Å². The Balaban J connectivity index is 1.44. The van der Waals surface area contributed by atoms with Crippen LogP contribution in [0, 0.1) is 0 Å². The zero-order valence-electron chi connectivity index (χ0n) is 16.9. The normalized spacial score (nSPS) is 20.0. The number of rotatable bonds is 6. The van der Waals surface area contributed by atoms with Crippen LogP contribution in [0.2, 0.25) is 0 Å². The maximum atomic E-state index is 12.9. The van der Waals surface area contributed by atoms with Gasteiger partial charge in [-0.1, -0.05) is 43.5 Å². The van der Waals surface area contributed by atoms with Crippen molar-refractivity contribution in [3.63, 3.8) is 0 Å². The van der Waals surface area contributed by atoms with Crippen molar-refractivity contribution in [2.24, 2.45) is 0 Å². The lowest BCUT2D eigenvalue weighted by Gasteiger charge is -2.27. The van der Waals surface area contributed by atoms with Crippen LogP contribution in [0.3, 0.4) is 0 Å². The van der Waals surface area contributed by atoms with Gasteiger partial charge in [-0.05, 0) is 61.4 Å². The van der Waals surface area contributed by atoms with E-state index >= 15 is 0 Å². The standard InChI is InChI=1S/C23H29NO4S/c1-2-27-22-10-6-9-19-15-20(16-28-23(19)22)24-29(25,26)21-13-11-18(12-14-21)17-7-4-3-5-8-17/h6,9-14,17,20,24H,2-5,7-8,15-16H2,1H3. The minimum absolute atomic E-state index is 0.288. The van der Waals surface area contributed by atoms with E-state index in [0.29, 0.717) is 29.6 Å². The molecule has 5 nitrogen and oxygen atoms in total. The van der Waals surface area contributed by atoms with Crippen molar-refractivity contribution >= 4 is 10.0 Å². The molecule has 0 amide bonds. The summed E-state index contributed by atoms with van der Waals surface area (Å²) in [7, 11) is -3.59. The van der Waals surface area contributed by atoms with E-state index in [4.69, 9.17) is 9.47 Å². The lowest BCUT2D eigenvalue weighted by atomic mass is 9.84. The highest BCUT2D eigenvalue weighted by molar-refractivity contribution is 7.89. The predicted molar refractivity (Wildman–Crippen MR) is 113 cm³/mol. The molecule has 29 heavy (non-hydrogen) atoms. The molecular weight excluding hydrogens is 386 g/mol. The Labute approximate surface area is 173 Å². The molecule has 2 aromatic rings. The molecule has 6 heteroatoms. The molecule has 1 aliphatic carbocycles. The minimum Gasteiger partial charge on any atom is -0.490 e. The van der Waals surface area contributed by atoms with Crippen LogP contribution in [-0.2, 0) is 16.4 Å². The second-order valence-corrected chi connectivity index (χ2v) is 9.63. The van der Waals surface area contributed by atoms with Crippen molar-refractivity contribution in [1.82, 2.24) is 4.72 Å². The summed E-state index contributed by atoms with van der Waals surface area (Å²) in [5.74, 6) is 2.00. The van der Waals surface area contributed by atoms with Gasteiger partial charge in [-0.25, -0.2) is 13.1 Å². The van der Waals surface area contributed by atoms with Gasteiger partial charge in [0, 0.05) is 0 Å². The van der Waals surface area contributed by atoms with Crippen molar-refractivity contribution in [1.29, 1.82) is 0 Å². The van der Waals surface area contributed by atoms with Gasteiger partial charge in [0.2, 0.25) is 10.0 Å². The van der Waals surface area contributed by atoms with E-state index in [1.807, 2.05) is 37.3 Å². The molecule has 0 bridgehead atoms. The summed E-state index contributed by atoms with van der Waals surface area (Å²) in [6, 6.07) is 12.9. The van der Waals surface area contributed by atoms with Gasteiger partial charge in [-0.2, -0.15) is 0 Å². The molecule has 1 fully saturated rings. The monoisotopic (exact) mass is 415 g/mol. The van der Waals surface area contributed by atoms with Crippen LogP contribution in [0.5, 0.6) is 11.5 Å². The number of para-hydroxylation sites is 1. The molecule has 1 saturated carbocycles. The van der Waals surface area contributed by atoms with Crippen LogP contribution in [-0.4, -0.2) is 27.7 Å². The Morgan fingerprint density at radius 1 is 1.07 bits per heavy atom. The van der Waals surface area contributed by atoms with Gasteiger partial charge in [-0.15, -0.1) is 0 Å². The smallest absolute Gasteiger partial charge is 0.240 e. The summed E-state index contributed by atoms with van der Waals surface area (Å²) in [4.78, 5) is 0.311. The zero-order valence-corrected chi connectivity index (χ0v) is 17.7. The highest BCUT2D eigenvalue weighted by atomic mass is 32.2. The van der Waals surface area contributed by atoms with Gasteiger partial charge >= 0.3 is 0 Å². The third-order valence-electron chi connectivity index (χ3n) is 5.84. The SMILES string of the molecule is CCOc1cccc2c1OCC(NS(=O)(=O)c1ccc(C3CCCCC3)cc1)C2. The molecule has 2 aliphatic rings. The molecular formula is C23H29NO4S. The highest BCUT2D eigenvalue weighted by Gasteiger charge is 2.27. The Bertz CT molecular complexity index is 934. The first-order valence-corrected chi connectivity index (χ1v) is 12.0. The number of benzene rings is 2. The summed E-state index contributed by atoms with van der Waals surface area (Å²) < 4.78 is 40.0. The summed E-state index contributed by atoms with van der Waals surface area (Å²) >= 11 is 0. The van der Waals surface area contributed by atoms with E-state index in [1.54, 1.807) is 12.1 Å². The quantitative estimate of drug-likeness (QED) is 0.759. The average molecular weight is 416 g/mol. The minimum atomic E-state index is -3.59. The molecule has 156 valence electrons. The molecule has 0 spiro atoms. The van der Waals surface area contributed by atoms with Crippen molar-refractivity contribution in [3.05, 3.63) is 53.6 Å². The fourth-order valence-electron chi connectivity index (χ4n) is 4.38. The van der Waals surface area contributed by atoms with Crippen LogP contribution in [0.25, 0.3) is 0 Å². The average Bonchev–Trinajstić information content (AvgIpc) is 2.74. The Hall–Kier alpha value is -2.05. The van der Waals surface area contributed by atoms with Gasteiger partial charge in [0.15, 0.2) is 11.5 Å². The van der Waals surface area contributed by atoms with E-state index in [9.17, 15) is 8.42 Å². The van der Waals surface area contributed by atoms with E-state index in [1.165, 1.54) is 37.7 Å². The highest BCUT2D eigenvalue weighted by Crippen LogP contribution is 2.35. The third-order valence-corrected chi connectivity index (χ3v) is 7.38. The summed E-state index contributed by atoms with van der Waals surface area (Å²) in [5, 5.41) is 0. The Morgan fingerprint density at radius 3 is 2.55 bits per heavy atom. The molecule has 1 atom stereocenters. The first-order chi connectivity index (χ1) is 14.1. The largest absolute Gasteiger partial charge is 0.490 e. The molecule has 1 N–H and O–H groups in total. The maximum Gasteiger partial charge on any atom is 0.240 e. The van der Waals surface area contributed by atoms with Crippen LogP contribution >= 0.6 is 0 Å². The van der Waals surface area contributed by atoms with Gasteiger partial charge in [0.1, 0.15) is 6.61 Å². The molecule has 0 saturated heterocycles. The molecule has 2 aromatic carbocycles. The molecule has 1 aliphatic heterocycles. The molecule has 0 radical (unpaired) electrons. The summed E-state index contributed by atoms with van der Waals surface area (Å²) in [6.07, 6.45) is 6.82. The van der Waals surface area contributed by atoms with Gasteiger partial charge in [0.05, 0.1) is 17.5 Å². The Morgan fingerprint density at radius 2 is 1.83 bits per heavy atom. The first kappa shape index (κ1) is 20.2.